The first-order valence-electron chi connectivity index (χ1n) is 5.82. The van der Waals surface area contributed by atoms with Gasteiger partial charge in [-0.25, -0.2) is 9.78 Å². The second kappa shape index (κ2) is 6.15. The van der Waals surface area contributed by atoms with Crippen molar-refractivity contribution in [2.24, 2.45) is 0 Å². The number of carbonyl (C=O) groups excluding carboxylic acids is 1. The molecule has 98 valence electrons. The number of esters is 1. The summed E-state index contributed by atoms with van der Waals surface area (Å²) in [6.45, 7) is 1.92. The summed E-state index contributed by atoms with van der Waals surface area (Å²) in [5.74, 6) is 0.117. The Labute approximate surface area is 114 Å². The van der Waals surface area contributed by atoms with Gasteiger partial charge in [0.25, 0.3) is 0 Å². The molecule has 0 aromatic carbocycles. The van der Waals surface area contributed by atoms with Gasteiger partial charge < -0.3 is 14.8 Å². The van der Waals surface area contributed by atoms with Crippen molar-refractivity contribution < 1.29 is 14.3 Å². The summed E-state index contributed by atoms with van der Waals surface area (Å²) in [6, 6.07) is 1.66. The van der Waals surface area contributed by atoms with Gasteiger partial charge in [0.05, 0.1) is 17.1 Å². The van der Waals surface area contributed by atoms with Gasteiger partial charge >= 0.3 is 5.97 Å². The molecule has 0 amide bonds. The summed E-state index contributed by atoms with van der Waals surface area (Å²) in [7, 11) is 1.34. The predicted octanol–water partition coefficient (Wildman–Crippen LogP) is 1.76. The van der Waals surface area contributed by atoms with E-state index in [9.17, 15) is 4.79 Å². The number of hydrogen-bond donors (Lipinski definition) is 1. The van der Waals surface area contributed by atoms with Gasteiger partial charge in [0.1, 0.15) is 6.10 Å². The monoisotopic (exact) mass is 314 g/mol. The fraction of sp³-hybridized carbons (Fsp3) is 0.500. The number of nitrogens with zero attached hydrogens (tertiary/aromatic N) is 1. The summed E-state index contributed by atoms with van der Waals surface area (Å²) in [6.07, 6.45) is 3.58. The Hall–Kier alpha value is -1.14. The minimum Gasteiger partial charge on any atom is -0.473 e. The second-order valence-electron chi connectivity index (χ2n) is 4.07. The summed E-state index contributed by atoms with van der Waals surface area (Å²) >= 11 is 3.36. The van der Waals surface area contributed by atoms with Gasteiger partial charge in [-0.3, -0.25) is 0 Å². The van der Waals surface area contributed by atoms with E-state index in [2.05, 4.69) is 31.0 Å². The Morgan fingerprint density at radius 1 is 1.50 bits per heavy atom. The first-order valence-corrected chi connectivity index (χ1v) is 6.61. The van der Waals surface area contributed by atoms with Gasteiger partial charge in [-0.05, 0) is 47.9 Å². The molecular weight excluding hydrogens is 300 g/mol. The number of methoxy groups -OCH3 is 1. The fourth-order valence-corrected chi connectivity index (χ4v) is 2.26. The van der Waals surface area contributed by atoms with Crippen molar-refractivity contribution in [3.05, 3.63) is 22.3 Å². The molecule has 0 saturated carbocycles. The van der Waals surface area contributed by atoms with Crippen molar-refractivity contribution in [1.82, 2.24) is 10.3 Å². The van der Waals surface area contributed by atoms with Crippen LogP contribution in [0.25, 0.3) is 0 Å². The van der Waals surface area contributed by atoms with Crippen LogP contribution in [0.2, 0.25) is 0 Å². The third kappa shape index (κ3) is 3.20. The molecule has 0 unspecified atom stereocenters. The van der Waals surface area contributed by atoms with Gasteiger partial charge in [0.2, 0.25) is 5.88 Å². The van der Waals surface area contributed by atoms with Gasteiger partial charge in [0, 0.05) is 6.20 Å². The van der Waals surface area contributed by atoms with E-state index in [1.165, 1.54) is 13.3 Å². The molecule has 6 heteroatoms. The van der Waals surface area contributed by atoms with Gasteiger partial charge in [-0.1, -0.05) is 0 Å². The Kier molecular flexibility index (Phi) is 4.54. The van der Waals surface area contributed by atoms with E-state index in [4.69, 9.17) is 4.74 Å². The highest BCUT2D eigenvalue weighted by molar-refractivity contribution is 9.10. The fourth-order valence-electron chi connectivity index (χ4n) is 1.81. The molecule has 2 heterocycles. The number of nitrogens with one attached hydrogen (secondary N) is 1. The van der Waals surface area contributed by atoms with Crippen LogP contribution in [-0.2, 0) is 4.74 Å². The van der Waals surface area contributed by atoms with Crippen LogP contribution in [0.3, 0.4) is 0 Å². The van der Waals surface area contributed by atoms with Crippen LogP contribution >= 0.6 is 15.9 Å². The Morgan fingerprint density at radius 2 is 2.22 bits per heavy atom. The molecule has 0 aliphatic carbocycles. The molecule has 1 aromatic heterocycles. The molecule has 2 rings (SSSR count). The zero-order chi connectivity index (χ0) is 13.0. The number of pyridine rings is 1. The molecule has 1 aliphatic rings. The number of aromatic nitrogens is 1. The predicted molar refractivity (Wildman–Crippen MR) is 69.8 cm³/mol. The second-order valence-corrected chi connectivity index (χ2v) is 4.92. The van der Waals surface area contributed by atoms with E-state index >= 15 is 0 Å². The Bertz CT molecular complexity index is 433. The van der Waals surface area contributed by atoms with Crippen LogP contribution in [0.1, 0.15) is 23.2 Å². The van der Waals surface area contributed by atoms with E-state index in [0.717, 1.165) is 25.9 Å². The summed E-state index contributed by atoms with van der Waals surface area (Å²) in [5.41, 5.74) is 0.405. The number of carbonyl (C=O) groups is 1. The Balaban J connectivity index is 2.07. The first kappa shape index (κ1) is 13.3. The van der Waals surface area contributed by atoms with Crippen molar-refractivity contribution in [3.8, 4) is 5.88 Å². The lowest BCUT2D eigenvalue weighted by Crippen LogP contribution is -2.34. The average Bonchev–Trinajstić information content (AvgIpc) is 2.41. The molecular formula is C12H15BrN2O3. The van der Waals surface area contributed by atoms with E-state index in [0.29, 0.717) is 15.9 Å². The van der Waals surface area contributed by atoms with Crippen molar-refractivity contribution in [2.45, 2.75) is 18.9 Å². The molecule has 0 bridgehead atoms. The van der Waals surface area contributed by atoms with Crippen LogP contribution in [0.15, 0.2) is 16.7 Å². The molecule has 0 atom stereocenters. The molecule has 1 aliphatic heterocycles. The zero-order valence-corrected chi connectivity index (χ0v) is 11.7. The summed E-state index contributed by atoms with van der Waals surface area (Å²) < 4.78 is 11.1. The Morgan fingerprint density at radius 3 is 2.83 bits per heavy atom. The maximum atomic E-state index is 11.3. The van der Waals surface area contributed by atoms with Gasteiger partial charge in [-0.2, -0.15) is 0 Å². The topological polar surface area (TPSA) is 60.5 Å². The maximum Gasteiger partial charge on any atom is 0.339 e. The molecule has 5 nitrogen and oxygen atoms in total. The van der Waals surface area contributed by atoms with Crippen LogP contribution < -0.4 is 10.1 Å². The lowest BCUT2D eigenvalue weighted by atomic mass is 10.1. The highest BCUT2D eigenvalue weighted by Gasteiger charge is 2.17. The maximum absolute atomic E-state index is 11.3. The molecule has 1 aromatic rings. The highest BCUT2D eigenvalue weighted by atomic mass is 79.9. The number of hydrogen-bond acceptors (Lipinski definition) is 5. The van der Waals surface area contributed by atoms with Crippen molar-refractivity contribution in [3.63, 3.8) is 0 Å². The highest BCUT2D eigenvalue weighted by Crippen LogP contribution is 2.25. The van der Waals surface area contributed by atoms with E-state index in [1.54, 1.807) is 6.07 Å². The molecule has 1 fully saturated rings. The zero-order valence-electron chi connectivity index (χ0n) is 10.1. The summed E-state index contributed by atoms with van der Waals surface area (Å²) in [4.78, 5) is 15.5. The van der Waals surface area contributed by atoms with Gasteiger partial charge in [0.15, 0.2) is 0 Å². The first-order chi connectivity index (χ1) is 8.70. The van der Waals surface area contributed by atoms with E-state index in [1.807, 2.05) is 0 Å². The largest absolute Gasteiger partial charge is 0.473 e. The van der Waals surface area contributed by atoms with Crippen LogP contribution in [-0.4, -0.2) is 37.3 Å². The van der Waals surface area contributed by atoms with Crippen LogP contribution in [0.4, 0.5) is 0 Å². The van der Waals surface area contributed by atoms with Gasteiger partial charge in [-0.15, -0.1) is 0 Å². The van der Waals surface area contributed by atoms with Crippen LogP contribution in [0.5, 0.6) is 5.88 Å². The number of piperidine rings is 1. The minimum absolute atomic E-state index is 0.180. The van der Waals surface area contributed by atoms with E-state index < -0.39 is 5.97 Å². The lowest BCUT2D eigenvalue weighted by molar-refractivity contribution is 0.0600. The van der Waals surface area contributed by atoms with Crippen molar-refractivity contribution in [1.29, 1.82) is 0 Å². The van der Waals surface area contributed by atoms with Crippen molar-refractivity contribution in [2.75, 3.05) is 20.2 Å². The smallest absolute Gasteiger partial charge is 0.339 e. The third-order valence-corrected chi connectivity index (χ3v) is 3.36. The number of rotatable bonds is 3. The minimum atomic E-state index is -0.406. The third-order valence-electron chi connectivity index (χ3n) is 2.79. The number of ether oxygens (including phenoxy) is 2. The average molecular weight is 315 g/mol. The standard InChI is InChI=1S/C12H15BrN2O3/c1-17-12(16)8-6-10(13)11(15-7-8)18-9-2-4-14-5-3-9/h6-7,9,14H,2-5H2,1H3. The molecule has 1 saturated heterocycles. The molecule has 0 radical (unpaired) electrons. The quantitative estimate of drug-likeness (QED) is 0.861. The SMILES string of the molecule is COC(=O)c1cnc(OC2CCNCC2)c(Br)c1. The lowest BCUT2D eigenvalue weighted by Gasteiger charge is -2.23. The molecule has 18 heavy (non-hydrogen) atoms. The van der Waals surface area contributed by atoms with Crippen LogP contribution in [0, 0.1) is 0 Å². The molecule has 1 N–H and O–H groups in total. The molecule has 0 spiro atoms. The van der Waals surface area contributed by atoms with E-state index in [-0.39, 0.29) is 6.10 Å². The van der Waals surface area contributed by atoms with Crippen molar-refractivity contribution >= 4 is 21.9 Å². The number of halogens is 1. The normalized spacial score (nSPS) is 16.3. The summed E-state index contributed by atoms with van der Waals surface area (Å²) in [5, 5.41) is 3.27.